The van der Waals surface area contributed by atoms with Gasteiger partial charge in [0, 0.05) is 16.9 Å². The summed E-state index contributed by atoms with van der Waals surface area (Å²) in [6.45, 7) is 2.83. The predicted molar refractivity (Wildman–Crippen MR) is 60.8 cm³/mol. The molecule has 0 aromatic carbocycles. The minimum Gasteiger partial charge on any atom is -0.331 e. The Hall–Kier alpha value is -0.680. The highest BCUT2D eigenvalue weighted by molar-refractivity contribution is 9.08. The van der Waals surface area contributed by atoms with Crippen molar-refractivity contribution in [2.24, 2.45) is 0 Å². The SMILES string of the molecule is Cc1nc(Cn2cnc(CBr)c2)cs1. The number of nitrogens with zero attached hydrogens (tertiary/aromatic N) is 3. The molecule has 2 aromatic rings. The molecule has 5 heteroatoms. The van der Waals surface area contributed by atoms with Gasteiger partial charge in [0.05, 0.1) is 29.3 Å². The molecular weight excluding hydrogens is 262 g/mol. The molecule has 0 atom stereocenters. The summed E-state index contributed by atoms with van der Waals surface area (Å²) in [6.07, 6.45) is 3.87. The molecule has 0 saturated carbocycles. The topological polar surface area (TPSA) is 30.7 Å². The Balaban J connectivity index is 2.10. The highest BCUT2D eigenvalue weighted by Gasteiger charge is 2.01. The average molecular weight is 272 g/mol. The lowest BCUT2D eigenvalue weighted by atomic mass is 10.5. The van der Waals surface area contributed by atoms with E-state index in [2.05, 4.69) is 31.3 Å². The van der Waals surface area contributed by atoms with Crippen LogP contribution in [0.3, 0.4) is 0 Å². The molecule has 0 fully saturated rings. The molecule has 2 heterocycles. The number of imidazole rings is 1. The second-order valence-electron chi connectivity index (χ2n) is 3.03. The number of alkyl halides is 1. The first-order valence-corrected chi connectivity index (χ1v) is 6.25. The van der Waals surface area contributed by atoms with Crippen molar-refractivity contribution in [3.63, 3.8) is 0 Å². The zero-order valence-electron chi connectivity index (χ0n) is 7.77. The van der Waals surface area contributed by atoms with Crippen molar-refractivity contribution >= 4 is 27.3 Å². The van der Waals surface area contributed by atoms with E-state index in [0.29, 0.717) is 0 Å². The summed E-state index contributed by atoms with van der Waals surface area (Å²) in [6, 6.07) is 0. The van der Waals surface area contributed by atoms with Gasteiger partial charge < -0.3 is 4.57 Å². The van der Waals surface area contributed by atoms with Crippen molar-refractivity contribution in [2.75, 3.05) is 0 Å². The molecule has 0 saturated heterocycles. The van der Waals surface area contributed by atoms with E-state index in [4.69, 9.17) is 0 Å². The van der Waals surface area contributed by atoms with Crippen molar-refractivity contribution in [1.82, 2.24) is 14.5 Å². The van der Waals surface area contributed by atoms with Crippen molar-refractivity contribution in [1.29, 1.82) is 0 Å². The van der Waals surface area contributed by atoms with Crippen LogP contribution in [0.4, 0.5) is 0 Å². The van der Waals surface area contributed by atoms with Gasteiger partial charge in [0.1, 0.15) is 0 Å². The van der Waals surface area contributed by atoms with Gasteiger partial charge in [0.2, 0.25) is 0 Å². The third-order valence-electron chi connectivity index (χ3n) is 1.83. The van der Waals surface area contributed by atoms with E-state index < -0.39 is 0 Å². The summed E-state index contributed by atoms with van der Waals surface area (Å²) in [7, 11) is 0. The zero-order chi connectivity index (χ0) is 9.97. The maximum Gasteiger partial charge on any atom is 0.0953 e. The molecule has 0 unspecified atom stereocenters. The summed E-state index contributed by atoms with van der Waals surface area (Å²) in [5.74, 6) is 0. The summed E-state index contributed by atoms with van der Waals surface area (Å²) in [4.78, 5) is 8.63. The van der Waals surface area contributed by atoms with Crippen LogP contribution in [0.1, 0.15) is 16.4 Å². The smallest absolute Gasteiger partial charge is 0.0953 e. The molecule has 0 amide bonds. The number of aromatic nitrogens is 3. The minimum atomic E-state index is 0.802. The highest BCUT2D eigenvalue weighted by atomic mass is 79.9. The van der Waals surface area contributed by atoms with Crippen LogP contribution in [0.5, 0.6) is 0 Å². The van der Waals surface area contributed by atoms with Gasteiger partial charge in [-0.1, -0.05) is 15.9 Å². The average Bonchev–Trinajstić information content (AvgIpc) is 2.76. The summed E-state index contributed by atoms with van der Waals surface area (Å²) in [5, 5.41) is 4.00. The van der Waals surface area contributed by atoms with Gasteiger partial charge in [-0.25, -0.2) is 9.97 Å². The van der Waals surface area contributed by atoms with Crippen LogP contribution < -0.4 is 0 Å². The highest BCUT2D eigenvalue weighted by Crippen LogP contribution is 2.10. The van der Waals surface area contributed by atoms with E-state index >= 15 is 0 Å². The number of thiazole rings is 1. The molecule has 0 radical (unpaired) electrons. The Morgan fingerprint density at radius 1 is 1.50 bits per heavy atom. The molecule has 74 valence electrons. The monoisotopic (exact) mass is 271 g/mol. The fourth-order valence-electron chi connectivity index (χ4n) is 1.23. The molecule has 0 aliphatic rings. The maximum atomic E-state index is 4.40. The molecular formula is C9H10BrN3S. The molecule has 2 aromatic heterocycles. The standard InChI is InChI=1S/C9H10BrN3S/c1-7-12-9(5-14-7)4-13-3-8(2-10)11-6-13/h3,5-6H,2,4H2,1H3. The lowest BCUT2D eigenvalue weighted by molar-refractivity contribution is 0.776. The lowest BCUT2D eigenvalue weighted by Gasteiger charge is -1.96. The van der Waals surface area contributed by atoms with E-state index in [1.807, 2.05) is 24.0 Å². The predicted octanol–water partition coefficient (Wildman–Crippen LogP) is 2.59. The third kappa shape index (κ3) is 2.22. The Kier molecular flexibility index (Phi) is 2.98. The molecule has 0 N–H and O–H groups in total. The van der Waals surface area contributed by atoms with Crippen LogP contribution in [0.2, 0.25) is 0 Å². The number of halogens is 1. The number of hydrogen-bond acceptors (Lipinski definition) is 3. The Morgan fingerprint density at radius 3 is 2.93 bits per heavy atom. The zero-order valence-corrected chi connectivity index (χ0v) is 10.2. The quantitative estimate of drug-likeness (QED) is 0.804. The van der Waals surface area contributed by atoms with Crippen LogP contribution in [-0.2, 0) is 11.9 Å². The van der Waals surface area contributed by atoms with Gasteiger partial charge in [0.25, 0.3) is 0 Å². The van der Waals surface area contributed by atoms with Crippen molar-refractivity contribution in [2.45, 2.75) is 18.8 Å². The number of rotatable bonds is 3. The van der Waals surface area contributed by atoms with Crippen molar-refractivity contribution in [3.8, 4) is 0 Å². The van der Waals surface area contributed by atoms with Crippen LogP contribution in [0.25, 0.3) is 0 Å². The van der Waals surface area contributed by atoms with Gasteiger partial charge in [-0.15, -0.1) is 11.3 Å². The Labute approximate surface area is 94.9 Å². The molecule has 0 spiro atoms. The Morgan fingerprint density at radius 2 is 2.36 bits per heavy atom. The van der Waals surface area contributed by atoms with Gasteiger partial charge in [-0.2, -0.15) is 0 Å². The second-order valence-corrected chi connectivity index (χ2v) is 4.65. The van der Waals surface area contributed by atoms with Gasteiger partial charge in [-0.3, -0.25) is 0 Å². The number of aryl methyl sites for hydroxylation is 1. The van der Waals surface area contributed by atoms with Crippen LogP contribution >= 0.6 is 27.3 Å². The molecule has 0 aliphatic carbocycles. The number of hydrogen-bond donors (Lipinski definition) is 0. The van der Waals surface area contributed by atoms with Gasteiger partial charge in [0.15, 0.2) is 0 Å². The fourth-order valence-corrected chi connectivity index (χ4v) is 2.12. The summed E-state index contributed by atoms with van der Waals surface area (Å²) < 4.78 is 2.05. The first-order valence-electron chi connectivity index (χ1n) is 4.25. The van der Waals surface area contributed by atoms with E-state index in [-0.39, 0.29) is 0 Å². The minimum absolute atomic E-state index is 0.802. The van der Waals surface area contributed by atoms with Gasteiger partial charge >= 0.3 is 0 Å². The van der Waals surface area contributed by atoms with E-state index in [1.165, 1.54) is 0 Å². The molecule has 14 heavy (non-hydrogen) atoms. The summed E-state index contributed by atoms with van der Waals surface area (Å²) in [5.41, 5.74) is 2.16. The molecule has 0 aliphatic heterocycles. The fraction of sp³-hybridized carbons (Fsp3) is 0.333. The first-order chi connectivity index (χ1) is 6.78. The van der Waals surface area contributed by atoms with E-state index in [0.717, 1.165) is 28.3 Å². The maximum absolute atomic E-state index is 4.40. The lowest BCUT2D eigenvalue weighted by Crippen LogP contribution is -1.96. The first kappa shape index (κ1) is 9.86. The molecule has 3 nitrogen and oxygen atoms in total. The molecule has 2 rings (SSSR count). The Bertz CT molecular complexity index is 421. The van der Waals surface area contributed by atoms with Gasteiger partial charge in [-0.05, 0) is 6.92 Å². The van der Waals surface area contributed by atoms with Crippen LogP contribution in [0.15, 0.2) is 17.9 Å². The van der Waals surface area contributed by atoms with Crippen LogP contribution in [-0.4, -0.2) is 14.5 Å². The largest absolute Gasteiger partial charge is 0.331 e. The van der Waals surface area contributed by atoms with Crippen LogP contribution in [0, 0.1) is 6.92 Å². The van der Waals surface area contributed by atoms with Crippen molar-refractivity contribution < 1.29 is 0 Å². The van der Waals surface area contributed by atoms with E-state index in [9.17, 15) is 0 Å². The normalized spacial score (nSPS) is 10.7. The third-order valence-corrected chi connectivity index (χ3v) is 3.23. The van der Waals surface area contributed by atoms with Crippen molar-refractivity contribution in [3.05, 3.63) is 34.3 Å². The summed E-state index contributed by atoms with van der Waals surface area (Å²) >= 11 is 5.05. The second kappa shape index (κ2) is 4.23. The molecule has 0 bridgehead atoms. The van der Waals surface area contributed by atoms with E-state index in [1.54, 1.807) is 11.3 Å².